The highest BCUT2D eigenvalue weighted by atomic mass is 16.2. The summed E-state index contributed by atoms with van der Waals surface area (Å²) in [5, 5.41) is 2.87. The maximum atomic E-state index is 12.5. The number of hydrogen-bond donors (Lipinski definition) is 1. The summed E-state index contributed by atoms with van der Waals surface area (Å²) >= 11 is 0. The van der Waals surface area contributed by atoms with Crippen molar-refractivity contribution in [1.29, 1.82) is 0 Å². The number of pyridine rings is 1. The van der Waals surface area contributed by atoms with Crippen LogP contribution in [0.15, 0.2) is 36.5 Å². The van der Waals surface area contributed by atoms with Crippen molar-refractivity contribution in [3.63, 3.8) is 0 Å². The van der Waals surface area contributed by atoms with Crippen LogP contribution in [-0.2, 0) is 6.54 Å². The lowest BCUT2D eigenvalue weighted by Gasteiger charge is -2.17. The normalized spacial score (nSPS) is 16.0. The third-order valence-electron chi connectivity index (χ3n) is 5.04. The zero-order valence-electron chi connectivity index (χ0n) is 15.1. The van der Waals surface area contributed by atoms with Gasteiger partial charge in [-0.05, 0) is 48.7 Å². The van der Waals surface area contributed by atoms with E-state index in [0.717, 1.165) is 29.4 Å². The zero-order valence-corrected chi connectivity index (χ0v) is 15.1. The molecule has 1 saturated heterocycles. The summed E-state index contributed by atoms with van der Waals surface area (Å²) in [5.41, 5.74) is 1.94. The Balaban J connectivity index is 1.45. The van der Waals surface area contributed by atoms with Gasteiger partial charge in [0.2, 0.25) is 0 Å². The van der Waals surface area contributed by atoms with Crippen LogP contribution in [-0.4, -0.2) is 47.7 Å². The number of nitrogens with zero attached hydrogens (tertiary/aromatic N) is 3. The van der Waals surface area contributed by atoms with Crippen LogP contribution in [0.4, 0.5) is 5.82 Å². The molecule has 1 fully saturated rings. The van der Waals surface area contributed by atoms with Crippen LogP contribution in [0.5, 0.6) is 0 Å². The first-order valence-corrected chi connectivity index (χ1v) is 8.99. The van der Waals surface area contributed by atoms with Gasteiger partial charge >= 0.3 is 0 Å². The number of rotatable bonds is 4. The predicted octanol–water partition coefficient (Wildman–Crippen LogP) is 1.84. The maximum absolute atomic E-state index is 12.5. The molecule has 7 heteroatoms. The molecule has 2 aliphatic rings. The lowest BCUT2D eigenvalue weighted by molar-refractivity contribution is 0.0693. The SMILES string of the molecule is CN1C(=O)c2ccc(C(=O)NCc3ccnc(N4CCCC4)c3)cc2C1=O. The van der Waals surface area contributed by atoms with Gasteiger partial charge in [-0.15, -0.1) is 0 Å². The van der Waals surface area contributed by atoms with Crippen molar-refractivity contribution < 1.29 is 14.4 Å². The van der Waals surface area contributed by atoms with Crippen molar-refractivity contribution in [3.05, 3.63) is 58.8 Å². The number of amides is 3. The standard InChI is InChI=1S/C20H20N4O3/c1-23-19(26)15-5-4-14(11-16(15)20(23)27)18(25)22-12-13-6-7-21-17(10-13)24-8-2-3-9-24/h4-7,10-11H,2-3,8-9,12H2,1H3,(H,22,25). The Kier molecular flexibility index (Phi) is 4.35. The molecule has 1 aromatic carbocycles. The zero-order chi connectivity index (χ0) is 19.0. The highest BCUT2D eigenvalue weighted by Gasteiger charge is 2.33. The topological polar surface area (TPSA) is 82.6 Å². The minimum Gasteiger partial charge on any atom is -0.357 e. The van der Waals surface area contributed by atoms with Gasteiger partial charge in [-0.3, -0.25) is 19.3 Å². The Labute approximate surface area is 157 Å². The number of imide groups is 1. The van der Waals surface area contributed by atoms with Gasteiger partial charge in [-0.1, -0.05) is 0 Å². The molecule has 4 rings (SSSR count). The smallest absolute Gasteiger partial charge is 0.261 e. The molecule has 0 spiro atoms. The summed E-state index contributed by atoms with van der Waals surface area (Å²) in [6.07, 6.45) is 4.11. The van der Waals surface area contributed by atoms with E-state index in [-0.39, 0.29) is 23.3 Å². The Hall–Kier alpha value is -3.22. The van der Waals surface area contributed by atoms with Crippen LogP contribution in [0.1, 0.15) is 49.5 Å². The number of nitrogens with one attached hydrogen (secondary N) is 1. The van der Waals surface area contributed by atoms with Gasteiger partial charge in [0.1, 0.15) is 5.82 Å². The number of carbonyl (C=O) groups is 3. The van der Waals surface area contributed by atoms with Crippen LogP contribution in [0.3, 0.4) is 0 Å². The van der Waals surface area contributed by atoms with E-state index in [1.54, 1.807) is 12.3 Å². The fraction of sp³-hybridized carbons (Fsp3) is 0.300. The maximum Gasteiger partial charge on any atom is 0.261 e. The first-order valence-electron chi connectivity index (χ1n) is 8.99. The summed E-state index contributed by atoms with van der Waals surface area (Å²) in [6, 6.07) is 8.45. The average molecular weight is 364 g/mol. The fourth-order valence-electron chi connectivity index (χ4n) is 3.48. The Morgan fingerprint density at radius 2 is 1.81 bits per heavy atom. The number of hydrogen-bond acceptors (Lipinski definition) is 5. The van der Waals surface area contributed by atoms with Crippen molar-refractivity contribution in [2.45, 2.75) is 19.4 Å². The van der Waals surface area contributed by atoms with Gasteiger partial charge in [0.25, 0.3) is 17.7 Å². The molecule has 0 atom stereocenters. The second-order valence-electron chi connectivity index (χ2n) is 6.83. The molecule has 1 aromatic heterocycles. The molecule has 1 N–H and O–H groups in total. The molecule has 0 radical (unpaired) electrons. The summed E-state index contributed by atoms with van der Waals surface area (Å²) in [5.74, 6) is -0.0710. The summed E-state index contributed by atoms with van der Waals surface area (Å²) in [4.78, 5) is 44.2. The molecule has 2 aromatic rings. The summed E-state index contributed by atoms with van der Waals surface area (Å²) in [6.45, 7) is 2.39. The van der Waals surface area contributed by atoms with Crippen molar-refractivity contribution in [2.75, 3.05) is 25.0 Å². The lowest BCUT2D eigenvalue weighted by atomic mass is 10.1. The van der Waals surface area contributed by atoms with E-state index in [0.29, 0.717) is 17.7 Å². The number of benzene rings is 1. The minimum atomic E-state index is -0.381. The van der Waals surface area contributed by atoms with Gasteiger partial charge in [-0.2, -0.15) is 0 Å². The average Bonchev–Trinajstić information content (AvgIpc) is 3.31. The van der Waals surface area contributed by atoms with Crippen molar-refractivity contribution >= 4 is 23.5 Å². The molecule has 138 valence electrons. The minimum absolute atomic E-state index is 0.274. The van der Waals surface area contributed by atoms with E-state index in [1.165, 1.54) is 32.0 Å². The molecule has 3 heterocycles. The van der Waals surface area contributed by atoms with Crippen LogP contribution < -0.4 is 10.2 Å². The van der Waals surface area contributed by atoms with Crippen molar-refractivity contribution in [1.82, 2.24) is 15.2 Å². The van der Waals surface area contributed by atoms with Crippen LogP contribution in [0.25, 0.3) is 0 Å². The van der Waals surface area contributed by atoms with Gasteiger partial charge in [-0.25, -0.2) is 4.98 Å². The quantitative estimate of drug-likeness (QED) is 0.837. The monoisotopic (exact) mass is 364 g/mol. The second kappa shape index (κ2) is 6.83. The molecular formula is C20H20N4O3. The number of fused-ring (bicyclic) bond motifs is 1. The van der Waals surface area contributed by atoms with E-state index in [2.05, 4.69) is 15.2 Å². The second-order valence-corrected chi connectivity index (χ2v) is 6.83. The molecule has 0 saturated carbocycles. The van der Waals surface area contributed by atoms with E-state index in [9.17, 15) is 14.4 Å². The van der Waals surface area contributed by atoms with Crippen molar-refractivity contribution in [3.8, 4) is 0 Å². The first-order chi connectivity index (χ1) is 13.0. The highest BCUT2D eigenvalue weighted by Crippen LogP contribution is 2.23. The molecule has 3 amide bonds. The first kappa shape index (κ1) is 17.2. The van der Waals surface area contributed by atoms with Gasteiger partial charge in [0.15, 0.2) is 0 Å². The van der Waals surface area contributed by atoms with Crippen molar-refractivity contribution in [2.24, 2.45) is 0 Å². The molecule has 0 unspecified atom stereocenters. The highest BCUT2D eigenvalue weighted by molar-refractivity contribution is 6.21. The predicted molar refractivity (Wildman–Crippen MR) is 99.7 cm³/mol. The van der Waals surface area contributed by atoms with Gasteiger partial charge in [0.05, 0.1) is 11.1 Å². The molecule has 27 heavy (non-hydrogen) atoms. The molecule has 0 bridgehead atoms. The van der Waals surface area contributed by atoms with E-state index < -0.39 is 0 Å². The number of carbonyl (C=O) groups excluding carboxylic acids is 3. The Morgan fingerprint density at radius 1 is 1.07 bits per heavy atom. The fourth-order valence-corrected chi connectivity index (χ4v) is 3.48. The van der Waals surface area contributed by atoms with Gasteiger partial charge < -0.3 is 10.2 Å². The Bertz CT molecular complexity index is 935. The van der Waals surface area contributed by atoms with E-state index in [1.807, 2.05) is 12.1 Å². The lowest BCUT2D eigenvalue weighted by Crippen LogP contribution is -2.24. The van der Waals surface area contributed by atoms with Gasteiger partial charge in [0, 0.05) is 38.4 Å². The van der Waals surface area contributed by atoms with Crippen LogP contribution in [0, 0.1) is 0 Å². The third-order valence-corrected chi connectivity index (χ3v) is 5.04. The van der Waals surface area contributed by atoms with E-state index >= 15 is 0 Å². The third kappa shape index (κ3) is 3.16. The summed E-state index contributed by atoms with van der Waals surface area (Å²) < 4.78 is 0. The van der Waals surface area contributed by atoms with Crippen LogP contribution in [0.2, 0.25) is 0 Å². The van der Waals surface area contributed by atoms with Crippen LogP contribution >= 0.6 is 0 Å². The Morgan fingerprint density at radius 3 is 2.59 bits per heavy atom. The molecule has 2 aliphatic heterocycles. The van der Waals surface area contributed by atoms with E-state index in [4.69, 9.17) is 0 Å². The molecular weight excluding hydrogens is 344 g/mol. The largest absolute Gasteiger partial charge is 0.357 e. The summed E-state index contributed by atoms with van der Waals surface area (Å²) in [7, 11) is 1.44. The molecule has 7 nitrogen and oxygen atoms in total. The number of anilines is 1. The number of aromatic nitrogens is 1. The molecule has 0 aliphatic carbocycles.